The Morgan fingerprint density at radius 3 is 1.13 bits per heavy atom. The van der Waals surface area contributed by atoms with Gasteiger partial charge >= 0.3 is 6.03 Å². The van der Waals surface area contributed by atoms with E-state index in [1.54, 1.807) is 97.1 Å². The van der Waals surface area contributed by atoms with Crippen LogP contribution in [0.4, 0.5) is 38.9 Å². The molecule has 6 N–H and O–H groups in total. The number of nitrogens with one attached hydrogen (secondary N) is 6. The molecule has 0 spiro atoms. The lowest BCUT2D eigenvalue weighted by Gasteiger charge is -2.14. The van der Waals surface area contributed by atoms with Gasteiger partial charge in [-0.05, 0) is 137 Å². The Kier molecular flexibility index (Phi) is 11.9. The molecule has 4 aromatic carbocycles. The van der Waals surface area contributed by atoms with E-state index in [9.17, 15) is 24.0 Å². The molecule has 2 aliphatic heterocycles. The molecule has 0 saturated carbocycles. The maximum atomic E-state index is 13.0. The number of carbonyl (C=O) groups excluding carboxylic acids is 5. The van der Waals surface area contributed by atoms with E-state index in [4.69, 9.17) is 0 Å². The molecule has 6 rings (SSSR count). The number of likely N-dealkylation sites (tertiary alicyclic amines) is 2. The Hall–Kier alpha value is -6.05. The van der Waals surface area contributed by atoms with E-state index < -0.39 is 6.03 Å². The lowest BCUT2D eigenvalue weighted by molar-refractivity contribution is -0.117. The number of anilines is 6. The molecular formula is C39H42N8O5. The molecule has 4 aromatic rings. The largest absolute Gasteiger partial charge is 0.325 e. The van der Waals surface area contributed by atoms with Crippen LogP contribution in [0.15, 0.2) is 97.1 Å². The van der Waals surface area contributed by atoms with E-state index in [0.29, 0.717) is 58.3 Å². The van der Waals surface area contributed by atoms with Gasteiger partial charge in [-0.3, -0.25) is 29.0 Å². The van der Waals surface area contributed by atoms with Crippen molar-refractivity contribution >= 4 is 63.8 Å². The number of hydrogen-bond donors (Lipinski definition) is 6. The summed E-state index contributed by atoms with van der Waals surface area (Å²) in [6.45, 7) is 4.49. The Bertz CT molecular complexity index is 1770. The smallest absolute Gasteiger partial charge is 0.323 e. The van der Waals surface area contributed by atoms with Crippen LogP contribution in [0.3, 0.4) is 0 Å². The number of hydrogen-bond acceptors (Lipinski definition) is 7. The van der Waals surface area contributed by atoms with Gasteiger partial charge in [-0.15, -0.1) is 0 Å². The molecule has 13 nitrogen and oxygen atoms in total. The highest BCUT2D eigenvalue weighted by atomic mass is 16.2. The summed E-state index contributed by atoms with van der Waals surface area (Å²) in [6, 6.07) is 26.2. The van der Waals surface area contributed by atoms with E-state index in [1.165, 1.54) is 0 Å². The third-order valence-corrected chi connectivity index (χ3v) is 8.75. The maximum Gasteiger partial charge on any atom is 0.323 e. The summed E-state index contributed by atoms with van der Waals surface area (Å²) in [7, 11) is 0. The van der Waals surface area contributed by atoms with Gasteiger partial charge in [0, 0.05) is 45.3 Å². The quantitative estimate of drug-likeness (QED) is 0.107. The highest BCUT2D eigenvalue weighted by molar-refractivity contribution is 6.07. The van der Waals surface area contributed by atoms with E-state index in [2.05, 4.69) is 41.7 Å². The third kappa shape index (κ3) is 10.5. The van der Waals surface area contributed by atoms with Gasteiger partial charge in [-0.2, -0.15) is 0 Å². The minimum absolute atomic E-state index is 0.0699. The first-order valence-electron chi connectivity index (χ1n) is 17.4. The van der Waals surface area contributed by atoms with Crippen molar-refractivity contribution in [3.8, 4) is 0 Å². The molecule has 6 amide bonds. The Morgan fingerprint density at radius 2 is 0.769 bits per heavy atom. The van der Waals surface area contributed by atoms with Gasteiger partial charge in [0.05, 0.1) is 13.1 Å². The SMILES string of the molecule is O=C(CN1CCCC1)Nc1ccc(NC(=O)c2cccc(NC(=O)Nc3cccc(C(=O)Nc4ccc(NC(=O)CN5CCCC5)cc4)c3)c2)cc1. The molecule has 2 heterocycles. The fourth-order valence-electron chi connectivity index (χ4n) is 6.14. The highest BCUT2D eigenvalue weighted by Gasteiger charge is 2.17. The summed E-state index contributed by atoms with van der Waals surface area (Å²) in [5.41, 5.74) is 3.84. The molecule has 268 valence electrons. The summed E-state index contributed by atoms with van der Waals surface area (Å²) >= 11 is 0. The number of rotatable bonds is 12. The number of nitrogens with zero attached hydrogens (tertiary/aromatic N) is 2. The summed E-state index contributed by atoms with van der Waals surface area (Å²) in [4.78, 5) is 67.7. The molecule has 0 aliphatic carbocycles. The zero-order valence-electron chi connectivity index (χ0n) is 28.7. The van der Waals surface area contributed by atoms with Gasteiger partial charge in [0.1, 0.15) is 0 Å². The van der Waals surface area contributed by atoms with Gasteiger partial charge in [0.25, 0.3) is 11.8 Å². The van der Waals surface area contributed by atoms with Crippen molar-refractivity contribution in [3.05, 3.63) is 108 Å². The molecule has 13 heteroatoms. The fraction of sp³-hybridized carbons (Fsp3) is 0.256. The van der Waals surface area contributed by atoms with Crippen LogP contribution >= 0.6 is 0 Å². The second-order valence-corrected chi connectivity index (χ2v) is 12.9. The molecule has 52 heavy (non-hydrogen) atoms. The Labute approximate surface area is 302 Å². The predicted molar refractivity (Wildman–Crippen MR) is 203 cm³/mol. The molecule has 0 aromatic heterocycles. The standard InChI is InChI=1S/C39H42N8O5/c48-35(25-46-19-1-2-20-46)40-29-11-15-31(16-12-29)42-37(50)27-7-5-9-33(23-27)44-39(52)45-34-10-6-8-28(24-34)38(51)43-32-17-13-30(14-18-32)41-36(49)26-47-21-3-4-22-47/h5-18,23-24H,1-4,19-22,25-26H2,(H,40,48)(H,41,49)(H,42,50)(H,43,51)(H2,44,45,52). The van der Waals surface area contributed by atoms with Crippen LogP contribution in [-0.2, 0) is 9.59 Å². The first kappa shape index (κ1) is 35.8. The van der Waals surface area contributed by atoms with Gasteiger partial charge in [-0.25, -0.2) is 4.79 Å². The number of carbonyl (C=O) groups is 5. The predicted octanol–water partition coefficient (Wildman–Crippen LogP) is 5.90. The van der Waals surface area contributed by atoms with Gasteiger partial charge in [0.15, 0.2) is 0 Å². The number of urea groups is 1. The summed E-state index contributed by atoms with van der Waals surface area (Å²) in [5.74, 6) is -0.880. The monoisotopic (exact) mass is 702 g/mol. The summed E-state index contributed by atoms with van der Waals surface area (Å²) in [5, 5.41) is 16.9. The van der Waals surface area contributed by atoms with Crippen LogP contribution in [0.2, 0.25) is 0 Å². The Balaban J connectivity index is 0.964. The minimum Gasteiger partial charge on any atom is -0.325 e. The summed E-state index contributed by atoms with van der Waals surface area (Å²) in [6.07, 6.45) is 4.47. The maximum absolute atomic E-state index is 13.0. The van der Waals surface area contributed by atoms with Crippen LogP contribution in [-0.4, -0.2) is 78.7 Å². The lowest BCUT2D eigenvalue weighted by Crippen LogP contribution is -2.30. The Morgan fingerprint density at radius 1 is 0.423 bits per heavy atom. The molecular weight excluding hydrogens is 660 g/mol. The van der Waals surface area contributed by atoms with Crippen LogP contribution in [0.5, 0.6) is 0 Å². The second kappa shape index (κ2) is 17.2. The van der Waals surface area contributed by atoms with Crippen molar-refractivity contribution in [2.45, 2.75) is 25.7 Å². The topological polar surface area (TPSA) is 164 Å². The zero-order valence-corrected chi connectivity index (χ0v) is 28.7. The average molecular weight is 703 g/mol. The molecule has 2 fully saturated rings. The van der Waals surface area contributed by atoms with E-state index in [0.717, 1.165) is 51.9 Å². The van der Waals surface area contributed by atoms with Crippen LogP contribution in [0.1, 0.15) is 46.4 Å². The number of benzene rings is 4. The summed E-state index contributed by atoms with van der Waals surface area (Å²) < 4.78 is 0. The zero-order chi connectivity index (χ0) is 36.3. The van der Waals surface area contributed by atoms with E-state index >= 15 is 0 Å². The van der Waals surface area contributed by atoms with Crippen LogP contribution in [0, 0.1) is 0 Å². The molecule has 0 unspecified atom stereocenters. The molecule has 0 radical (unpaired) electrons. The third-order valence-electron chi connectivity index (χ3n) is 8.75. The van der Waals surface area contributed by atoms with Crippen molar-refractivity contribution in [1.82, 2.24) is 9.80 Å². The van der Waals surface area contributed by atoms with Gasteiger partial charge in [-0.1, -0.05) is 12.1 Å². The molecule has 2 saturated heterocycles. The molecule has 0 atom stereocenters. The first-order valence-corrected chi connectivity index (χ1v) is 17.4. The first-order chi connectivity index (χ1) is 25.3. The average Bonchev–Trinajstić information content (AvgIpc) is 3.85. The van der Waals surface area contributed by atoms with Gasteiger partial charge in [0.2, 0.25) is 11.8 Å². The molecule has 0 bridgehead atoms. The van der Waals surface area contributed by atoms with E-state index in [-0.39, 0.29) is 23.6 Å². The fourth-order valence-corrected chi connectivity index (χ4v) is 6.14. The normalized spacial score (nSPS) is 14.3. The van der Waals surface area contributed by atoms with Crippen molar-refractivity contribution < 1.29 is 24.0 Å². The van der Waals surface area contributed by atoms with Crippen molar-refractivity contribution in [3.63, 3.8) is 0 Å². The van der Waals surface area contributed by atoms with Crippen molar-refractivity contribution in [2.75, 3.05) is 71.2 Å². The second-order valence-electron chi connectivity index (χ2n) is 12.9. The molecule has 2 aliphatic rings. The van der Waals surface area contributed by atoms with Crippen molar-refractivity contribution in [1.29, 1.82) is 0 Å². The van der Waals surface area contributed by atoms with Crippen LogP contribution in [0.25, 0.3) is 0 Å². The number of amides is 6. The van der Waals surface area contributed by atoms with Crippen molar-refractivity contribution in [2.24, 2.45) is 0 Å². The van der Waals surface area contributed by atoms with Gasteiger partial charge < -0.3 is 31.9 Å². The highest BCUT2D eigenvalue weighted by Crippen LogP contribution is 2.20. The van der Waals surface area contributed by atoms with Crippen LogP contribution < -0.4 is 31.9 Å². The lowest BCUT2D eigenvalue weighted by atomic mass is 10.1. The van der Waals surface area contributed by atoms with E-state index in [1.807, 2.05) is 0 Å². The minimum atomic E-state index is -0.556.